The molecule has 0 saturated carbocycles. The van der Waals surface area contributed by atoms with E-state index in [0.717, 1.165) is 28.7 Å². The summed E-state index contributed by atoms with van der Waals surface area (Å²) >= 11 is 0. The number of Topliss-reactive ketones (excluding diaryl/α,β-unsaturated/α-hetero) is 1. The summed E-state index contributed by atoms with van der Waals surface area (Å²) in [5.41, 5.74) is 3.52. The molecule has 0 saturated heterocycles. The van der Waals surface area contributed by atoms with E-state index in [1.165, 1.54) is 0 Å². The normalized spacial score (nSPS) is 14.8. The lowest BCUT2D eigenvalue weighted by molar-refractivity contribution is 0.0994. The molecule has 0 fully saturated rings. The highest BCUT2D eigenvalue weighted by Crippen LogP contribution is 2.33. The van der Waals surface area contributed by atoms with Crippen molar-refractivity contribution in [3.05, 3.63) is 28.3 Å². The van der Waals surface area contributed by atoms with Gasteiger partial charge >= 0.3 is 0 Å². The second-order valence-corrected chi connectivity index (χ2v) is 3.62. The van der Waals surface area contributed by atoms with Gasteiger partial charge < -0.3 is 5.11 Å². The number of rotatable bonds is 0. The summed E-state index contributed by atoms with van der Waals surface area (Å²) in [6.45, 7) is 3.70. The Balaban J connectivity index is 2.74. The molecular formula is C11H12O2. The van der Waals surface area contributed by atoms with Crippen molar-refractivity contribution in [1.29, 1.82) is 0 Å². The Morgan fingerprint density at radius 3 is 2.69 bits per heavy atom. The number of phenolic OH excluding ortho intramolecular Hbond substituents is 1. The zero-order valence-electron chi connectivity index (χ0n) is 7.85. The predicted octanol–water partition coefficient (Wildman–Crippen LogP) is 2.14. The van der Waals surface area contributed by atoms with Gasteiger partial charge in [0.1, 0.15) is 5.75 Å². The topological polar surface area (TPSA) is 37.3 Å². The Kier molecular flexibility index (Phi) is 1.65. The van der Waals surface area contributed by atoms with Crippen LogP contribution in [0.2, 0.25) is 0 Å². The molecule has 0 aromatic heterocycles. The number of carbonyl (C=O) groups is 1. The molecule has 0 radical (unpaired) electrons. The van der Waals surface area contributed by atoms with Crippen molar-refractivity contribution < 1.29 is 9.90 Å². The van der Waals surface area contributed by atoms with Gasteiger partial charge in [0.05, 0.1) is 0 Å². The van der Waals surface area contributed by atoms with Crippen LogP contribution in [-0.2, 0) is 6.42 Å². The van der Waals surface area contributed by atoms with E-state index in [4.69, 9.17) is 0 Å². The number of fused-ring (bicyclic) bond motifs is 1. The standard InChI is InChI=1S/C11H12O2/c1-6-5-9-8(3-4-10(9)12)7(2)11(6)13/h5,13H,3-4H2,1-2H3. The fourth-order valence-corrected chi connectivity index (χ4v) is 1.96. The third-order valence-electron chi connectivity index (χ3n) is 2.77. The highest BCUT2D eigenvalue weighted by Gasteiger charge is 2.23. The second kappa shape index (κ2) is 2.59. The van der Waals surface area contributed by atoms with E-state index < -0.39 is 0 Å². The lowest BCUT2D eigenvalue weighted by Gasteiger charge is -2.08. The molecule has 0 aliphatic heterocycles. The second-order valence-electron chi connectivity index (χ2n) is 3.62. The molecule has 0 unspecified atom stereocenters. The molecule has 1 aromatic rings. The number of carbonyl (C=O) groups excluding carboxylic acids is 1. The minimum atomic E-state index is 0.209. The monoisotopic (exact) mass is 176 g/mol. The number of benzene rings is 1. The van der Waals surface area contributed by atoms with E-state index in [2.05, 4.69) is 0 Å². The van der Waals surface area contributed by atoms with Gasteiger partial charge in [0.2, 0.25) is 0 Å². The molecule has 1 aliphatic rings. The molecule has 13 heavy (non-hydrogen) atoms. The van der Waals surface area contributed by atoms with Gasteiger partial charge in [-0.25, -0.2) is 0 Å². The van der Waals surface area contributed by atoms with Gasteiger partial charge in [-0.1, -0.05) is 0 Å². The van der Waals surface area contributed by atoms with E-state index in [9.17, 15) is 9.90 Å². The minimum Gasteiger partial charge on any atom is -0.507 e. The van der Waals surface area contributed by atoms with Crippen LogP contribution >= 0.6 is 0 Å². The number of phenols is 1. The maximum absolute atomic E-state index is 11.4. The van der Waals surface area contributed by atoms with Gasteiger partial charge in [-0.15, -0.1) is 0 Å². The van der Waals surface area contributed by atoms with Crippen LogP contribution in [0.4, 0.5) is 0 Å². The summed E-state index contributed by atoms with van der Waals surface area (Å²) in [7, 11) is 0. The molecule has 0 bridgehead atoms. The van der Waals surface area contributed by atoms with Crippen LogP contribution in [-0.4, -0.2) is 10.9 Å². The molecule has 2 nitrogen and oxygen atoms in total. The molecule has 1 aliphatic carbocycles. The van der Waals surface area contributed by atoms with Crippen LogP contribution in [0.5, 0.6) is 5.75 Å². The molecule has 0 amide bonds. The average molecular weight is 176 g/mol. The summed E-state index contributed by atoms with van der Waals surface area (Å²) in [6, 6.07) is 1.80. The lowest BCUT2D eigenvalue weighted by atomic mass is 10.00. The summed E-state index contributed by atoms with van der Waals surface area (Å²) in [5, 5.41) is 9.65. The van der Waals surface area contributed by atoms with Crippen molar-refractivity contribution in [1.82, 2.24) is 0 Å². The number of hydrogen-bond acceptors (Lipinski definition) is 2. The SMILES string of the molecule is Cc1cc2c(c(C)c1O)CCC2=O. The first-order chi connectivity index (χ1) is 6.11. The van der Waals surface area contributed by atoms with Crippen molar-refractivity contribution >= 4 is 5.78 Å². The van der Waals surface area contributed by atoms with Crippen LogP contribution < -0.4 is 0 Å². The first kappa shape index (κ1) is 8.30. The molecule has 2 heteroatoms. The summed E-state index contributed by atoms with van der Waals surface area (Å²) < 4.78 is 0. The Morgan fingerprint density at radius 1 is 1.31 bits per heavy atom. The maximum Gasteiger partial charge on any atom is 0.163 e. The molecule has 68 valence electrons. The number of aryl methyl sites for hydroxylation is 1. The Hall–Kier alpha value is -1.31. The Morgan fingerprint density at radius 2 is 2.00 bits per heavy atom. The summed E-state index contributed by atoms with van der Waals surface area (Å²) in [6.07, 6.45) is 1.38. The third-order valence-corrected chi connectivity index (χ3v) is 2.77. The first-order valence-corrected chi connectivity index (χ1v) is 4.46. The first-order valence-electron chi connectivity index (χ1n) is 4.46. The average Bonchev–Trinajstić information content (AvgIpc) is 2.45. The molecule has 2 rings (SSSR count). The van der Waals surface area contributed by atoms with Gasteiger partial charge in [0, 0.05) is 12.0 Å². The van der Waals surface area contributed by atoms with E-state index >= 15 is 0 Å². The fraction of sp³-hybridized carbons (Fsp3) is 0.364. The molecule has 1 N–H and O–H groups in total. The van der Waals surface area contributed by atoms with E-state index in [1.807, 2.05) is 13.8 Å². The van der Waals surface area contributed by atoms with Crippen LogP contribution in [0.3, 0.4) is 0 Å². The quantitative estimate of drug-likeness (QED) is 0.657. The lowest BCUT2D eigenvalue weighted by Crippen LogP contribution is -1.94. The number of aromatic hydroxyl groups is 1. The van der Waals surface area contributed by atoms with Crippen molar-refractivity contribution in [2.45, 2.75) is 26.7 Å². The van der Waals surface area contributed by atoms with Gasteiger partial charge in [-0.3, -0.25) is 4.79 Å². The highest BCUT2D eigenvalue weighted by atomic mass is 16.3. The number of ketones is 1. The molecule has 0 spiro atoms. The predicted molar refractivity (Wildman–Crippen MR) is 50.2 cm³/mol. The van der Waals surface area contributed by atoms with Gasteiger partial charge in [-0.2, -0.15) is 0 Å². The highest BCUT2D eigenvalue weighted by molar-refractivity contribution is 6.01. The van der Waals surface area contributed by atoms with Crippen molar-refractivity contribution in [2.75, 3.05) is 0 Å². The smallest absolute Gasteiger partial charge is 0.163 e. The largest absolute Gasteiger partial charge is 0.507 e. The van der Waals surface area contributed by atoms with E-state index in [-0.39, 0.29) is 5.78 Å². The van der Waals surface area contributed by atoms with E-state index in [1.54, 1.807) is 6.07 Å². The zero-order valence-corrected chi connectivity index (χ0v) is 7.85. The molecule has 1 aromatic carbocycles. The minimum absolute atomic E-state index is 0.209. The summed E-state index contributed by atoms with van der Waals surface area (Å²) in [5.74, 6) is 0.551. The molecular weight excluding hydrogens is 164 g/mol. The van der Waals surface area contributed by atoms with Gasteiger partial charge in [0.15, 0.2) is 5.78 Å². The third kappa shape index (κ3) is 1.05. The van der Waals surface area contributed by atoms with E-state index in [0.29, 0.717) is 12.2 Å². The summed E-state index contributed by atoms with van der Waals surface area (Å²) in [4.78, 5) is 11.4. The van der Waals surface area contributed by atoms with Gasteiger partial charge in [0.25, 0.3) is 0 Å². The molecule has 0 atom stereocenters. The van der Waals surface area contributed by atoms with Crippen LogP contribution in [0.1, 0.15) is 33.5 Å². The van der Waals surface area contributed by atoms with Crippen molar-refractivity contribution in [3.8, 4) is 5.75 Å². The van der Waals surface area contributed by atoms with Gasteiger partial charge in [-0.05, 0) is 43.0 Å². The molecule has 0 heterocycles. The van der Waals surface area contributed by atoms with Crippen molar-refractivity contribution in [3.63, 3.8) is 0 Å². The Bertz CT molecular complexity index is 392. The van der Waals surface area contributed by atoms with Crippen LogP contribution in [0.25, 0.3) is 0 Å². The fourth-order valence-electron chi connectivity index (χ4n) is 1.96. The van der Waals surface area contributed by atoms with Crippen LogP contribution in [0, 0.1) is 13.8 Å². The van der Waals surface area contributed by atoms with Crippen molar-refractivity contribution in [2.24, 2.45) is 0 Å². The maximum atomic E-state index is 11.4. The van der Waals surface area contributed by atoms with Crippen LogP contribution in [0.15, 0.2) is 6.07 Å². The number of hydrogen-bond donors (Lipinski definition) is 1. The zero-order chi connectivity index (χ0) is 9.59. The Labute approximate surface area is 77.2 Å².